The van der Waals surface area contributed by atoms with Gasteiger partial charge in [-0.25, -0.2) is 4.99 Å². The van der Waals surface area contributed by atoms with Gasteiger partial charge in [0, 0.05) is 26.7 Å². The molecule has 0 unspecified atom stereocenters. The van der Waals surface area contributed by atoms with Gasteiger partial charge in [-0.15, -0.1) is 24.0 Å². The van der Waals surface area contributed by atoms with Crippen molar-refractivity contribution in [3.8, 4) is 17.2 Å². The van der Waals surface area contributed by atoms with Crippen LogP contribution in [0.1, 0.15) is 26.3 Å². The molecular weight excluding hydrogens is 487 g/mol. The van der Waals surface area contributed by atoms with Gasteiger partial charge >= 0.3 is 0 Å². The molecule has 9 heteroatoms. The van der Waals surface area contributed by atoms with E-state index in [9.17, 15) is 4.79 Å². The first kappa shape index (κ1) is 27.1. The summed E-state index contributed by atoms with van der Waals surface area (Å²) in [6.07, 6.45) is 0. The van der Waals surface area contributed by atoms with E-state index in [0.717, 1.165) is 5.56 Å². The molecule has 1 aromatic rings. The van der Waals surface area contributed by atoms with Crippen LogP contribution in [0.3, 0.4) is 0 Å². The van der Waals surface area contributed by atoms with Crippen molar-refractivity contribution in [3.63, 3.8) is 0 Å². The molecular formula is C20H35IN4O4. The maximum absolute atomic E-state index is 12.4. The van der Waals surface area contributed by atoms with E-state index in [1.165, 1.54) is 0 Å². The summed E-state index contributed by atoms with van der Waals surface area (Å²) >= 11 is 0. The smallest absolute Gasteiger partial charge is 0.242 e. The molecule has 29 heavy (non-hydrogen) atoms. The van der Waals surface area contributed by atoms with E-state index in [0.29, 0.717) is 49.4 Å². The Morgan fingerprint density at radius 1 is 1.03 bits per heavy atom. The standard InChI is InChI=1S/C20H34N4O4.HI/c1-8-21-20(23(4)14-18(25)24(9-2)10-3)22-13-15-11-16(26-5)19(28-7)17(12-15)27-6;/h11-12H,8-10,13-14H2,1-7H3,(H,21,22);1H. The highest BCUT2D eigenvalue weighted by Gasteiger charge is 2.16. The molecule has 0 fully saturated rings. The average Bonchev–Trinajstić information content (AvgIpc) is 2.70. The number of methoxy groups -OCH3 is 3. The molecule has 1 aromatic carbocycles. The monoisotopic (exact) mass is 522 g/mol. The van der Waals surface area contributed by atoms with Crippen molar-refractivity contribution in [2.45, 2.75) is 27.3 Å². The number of ether oxygens (including phenoxy) is 3. The molecule has 1 amide bonds. The van der Waals surface area contributed by atoms with Gasteiger partial charge in [0.25, 0.3) is 0 Å². The molecule has 0 bridgehead atoms. The second-order valence-corrected chi connectivity index (χ2v) is 6.13. The van der Waals surface area contributed by atoms with E-state index in [2.05, 4.69) is 10.3 Å². The van der Waals surface area contributed by atoms with Crippen LogP contribution in [-0.4, -0.2) is 76.2 Å². The summed E-state index contributed by atoms with van der Waals surface area (Å²) in [6.45, 7) is 8.72. The van der Waals surface area contributed by atoms with Crippen LogP contribution in [0.5, 0.6) is 17.2 Å². The normalized spacial score (nSPS) is 10.7. The van der Waals surface area contributed by atoms with E-state index >= 15 is 0 Å². The van der Waals surface area contributed by atoms with Crippen LogP contribution < -0.4 is 19.5 Å². The Morgan fingerprint density at radius 2 is 1.59 bits per heavy atom. The van der Waals surface area contributed by atoms with Crippen LogP contribution in [0.25, 0.3) is 0 Å². The van der Waals surface area contributed by atoms with Gasteiger partial charge in [0.1, 0.15) is 0 Å². The summed E-state index contributed by atoms with van der Waals surface area (Å²) in [4.78, 5) is 20.7. The van der Waals surface area contributed by atoms with Crippen molar-refractivity contribution in [1.82, 2.24) is 15.1 Å². The lowest BCUT2D eigenvalue weighted by molar-refractivity contribution is -0.131. The van der Waals surface area contributed by atoms with E-state index in [4.69, 9.17) is 14.2 Å². The van der Waals surface area contributed by atoms with Crippen molar-refractivity contribution in [3.05, 3.63) is 17.7 Å². The number of halogens is 1. The van der Waals surface area contributed by atoms with Gasteiger partial charge in [-0.05, 0) is 38.5 Å². The molecule has 0 aromatic heterocycles. The minimum Gasteiger partial charge on any atom is -0.493 e. The molecule has 0 atom stereocenters. The van der Waals surface area contributed by atoms with Gasteiger partial charge in [0.2, 0.25) is 11.7 Å². The molecule has 0 heterocycles. The number of likely N-dealkylation sites (N-methyl/N-ethyl adjacent to an activating group) is 2. The van der Waals surface area contributed by atoms with Gasteiger partial charge in [-0.2, -0.15) is 0 Å². The molecule has 0 radical (unpaired) electrons. The van der Waals surface area contributed by atoms with Gasteiger partial charge in [0.05, 0.1) is 34.4 Å². The minimum atomic E-state index is 0. The summed E-state index contributed by atoms with van der Waals surface area (Å²) in [6, 6.07) is 3.74. The van der Waals surface area contributed by atoms with Gasteiger partial charge in [-0.1, -0.05) is 0 Å². The number of rotatable bonds is 10. The first-order valence-electron chi connectivity index (χ1n) is 9.51. The van der Waals surface area contributed by atoms with Crippen molar-refractivity contribution in [1.29, 1.82) is 0 Å². The highest BCUT2D eigenvalue weighted by molar-refractivity contribution is 14.0. The van der Waals surface area contributed by atoms with Crippen LogP contribution in [0.15, 0.2) is 17.1 Å². The molecule has 0 saturated heterocycles. The molecule has 0 aliphatic rings. The number of carbonyl (C=O) groups excluding carboxylic acids is 1. The molecule has 166 valence electrons. The SMILES string of the molecule is CCNC(=NCc1cc(OC)c(OC)c(OC)c1)N(C)CC(=O)N(CC)CC.I. The molecule has 0 aliphatic heterocycles. The molecule has 0 saturated carbocycles. The Labute approximate surface area is 191 Å². The predicted octanol–water partition coefficient (Wildman–Crippen LogP) is 2.60. The highest BCUT2D eigenvalue weighted by atomic mass is 127. The topological polar surface area (TPSA) is 75.6 Å². The first-order valence-corrected chi connectivity index (χ1v) is 9.51. The summed E-state index contributed by atoms with van der Waals surface area (Å²) in [7, 11) is 6.60. The number of aliphatic imine (C=N–C) groups is 1. The molecule has 0 aliphatic carbocycles. The second kappa shape index (κ2) is 14.1. The number of guanidine groups is 1. The fraction of sp³-hybridized carbons (Fsp3) is 0.600. The molecule has 8 nitrogen and oxygen atoms in total. The van der Waals surface area contributed by atoms with E-state index < -0.39 is 0 Å². The minimum absolute atomic E-state index is 0. The number of benzene rings is 1. The maximum atomic E-state index is 12.4. The summed E-state index contributed by atoms with van der Waals surface area (Å²) in [5, 5.41) is 3.23. The number of carbonyl (C=O) groups is 1. The van der Waals surface area contributed by atoms with E-state index in [-0.39, 0.29) is 36.4 Å². The van der Waals surface area contributed by atoms with Gasteiger partial charge in [0.15, 0.2) is 17.5 Å². The Bertz CT molecular complexity index is 641. The zero-order valence-corrected chi connectivity index (χ0v) is 20.9. The zero-order chi connectivity index (χ0) is 21.1. The molecule has 1 N–H and O–H groups in total. The molecule has 1 rings (SSSR count). The van der Waals surface area contributed by atoms with Crippen molar-refractivity contribution in [2.75, 3.05) is 54.6 Å². The fourth-order valence-corrected chi connectivity index (χ4v) is 2.82. The quantitative estimate of drug-likeness (QED) is 0.289. The zero-order valence-electron chi connectivity index (χ0n) is 18.6. The van der Waals surface area contributed by atoms with Gasteiger partial charge < -0.3 is 29.3 Å². The third kappa shape index (κ3) is 7.79. The Balaban J connectivity index is 0.00000784. The third-order valence-corrected chi connectivity index (χ3v) is 4.32. The average molecular weight is 522 g/mol. The summed E-state index contributed by atoms with van der Waals surface area (Å²) in [5.74, 6) is 2.46. The number of nitrogens with zero attached hydrogens (tertiary/aromatic N) is 3. The van der Waals surface area contributed by atoms with Gasteiger partial charge in [-0.3, -0.25) is 4.79 Å². The number of nitrogens with one attached hydrogen (secondary N) is 1. The van der Waals surface area contributed by atoms with Crippen molar-refractivity contribution < 1.29 is 19.0 Å². The van der Waals surface area contributed by atoms with Crippen LogP contribution in [0.4, 0.5) is 0 Å². The van der Waals surface area contributed by atoms with Crippen LogP contribution >= 0.6 is 24.0 Å². The van der Waals surface area contributed by atoms with Crippen LogP contribution in [0.2, 0.25) is 0 Å². The highest BCUT2D eigenvalue weighted by Crippen LogP contribution is 2.38. The lowest BCUT2D eigenvalue weighted by Crippen LogP contribution is -2.45. The predicted molar refractivity (Wildman–Crippen MR) is 127 cm³/mol. The van der Waals surface area contributed by atoms with Crippen LogP contribution in [0, 0.1) is 0 Å². The maximum Gasteiger partial charge on any atom is 0.242 e. The fourth-order valence-electron chi connectivity index (χ4n) is 2.82. The Kier molecular flexibility index (Phi) is 13.2. The van der Waals surface area contributed by atoms with Crippen molar-refractivity contribution in [2.24, 2.45) is 4.99 Å². The first-order chi connectivity index (χ1) is 13.4. The Morgan fingerprint density at radius 3 is 2.00 bits per heavy atom. The lowest BCUT2D eigenvalue weighted by Gasteiger charge is -2.25. The number of hydrogen-bond acceptors (Lipinski definition) is 5. The van der Waals surface area contributed by atoms with E-state index in [1.54, 1.807) is 26.2 Å². The van der Waals surface area contributed by atoms with E-state index in [1.807, 2.05) is 44.9 Å². The summed E-state index contributed by atoms with van der Waals surface area (Å²) < 4.78 is 16.1. The number of amides is 1. The lowest BCUT2D eigenvalue weighted by atomic mass is 10.2. The van der Waals surface area contributed by atoms with Crippen LogP contribution in [-0.2, 0) is 11.3 Å². The number of hydrogen-bond donors (Lipinski definition) is 1. The van der Waals surface area contributed by atoms with Crippen molar-refractivity contribution >= 4 is 35.8 Å². The Hall–Kier alpha value is -1.91. The molecule has 0 spiro atoms. The second-order valence-electron chi connectivity index (χ2n) is 6.13. The third-order valence-electron chi connectivity index (χ3n) is 4.32. The largest absolute Gasteiger partial charge is 0.493 e. The summed E-state index contributed by atoms with van der Waals surface area (Å²) in [5.41, 5.74) is 0.911.